The highest BCUT2D eigenvalue weighted by Crippen LogP contribution is 2.36. The molecule has 0 atom stereocenters. The van der Waals surface area contributed by atoms with Gasteiger partial charge in [-0.25, -0.2) is 8.42 Å². The maximum Gasteiger partial charge on any atom is 0.243 e. The highest BCUT2D eigenvalue weighted by atomic mass is 32.2. The molecule has 4 rings (SSSR count). The van der Waals surface area contributed by atoms with Crippen LogP contribution in [0.4, 0.5) is 5.69 Å². The number of ether oxygens (including phenoxy) is 2. The Morgan fingerprint density at radius 2 is 1.56 bits per heavy atom. The van der Waals surface area contributed by atoms with Crippen LogP contribution in [0.5, 0.6) is 11.5 Å². The summed E-state index contributed by atoms with van der Waals surface area (Å²) < 4.78 is 38.2. The molecule has 0 amide bonds. The van der Waals surface area contributed by atoms with Crippen LogP contribution < -0.4 is 14.4 Å². The summed E-state index contributed by atoms with van der Waals surface area (Å²) >= 11 is 0. The van der Waals surface area contributed by atoms with E-state index in [-0.39, 0.29) is 6.79 Å². The van der Waals surface area contributed by atoms with E-state index in [9.17, 15) is 8.42 Å². The zero-order chi connectivity index (χ0) is 19.0. The van der Waals surface area contributed by atoms with Crippen LogP contribution >= 0.6 is 0 Å². The molecule has 6 nitrogen and oxygen atoms in total. The first kappa shape index (κ1) is 18.1. The van der Waals surface area contributed by atoms with Gasteiger partial charge in [0.1, 0.15) is 0 Å². The summed E-state index contributed by atoms with van der Waals surface area (Å²) in [6.45, 7) is 6.65. The highest BCUT2D eigenvalue weighted by Gasteiger charge is 2.29. The summed E-state index contributed by atoms with van der Waals surface area (Å²) in [4.78, 5) is 2.54. The van der Waals surface area contributed by atoms with Crippen molar-refractivity contribution in [2.45, 2.75) is 24.7 Å². The van der Waals surface area contributed by atoms with E-state index in [4.69, 9.17) is 9.47 Å². The maximum absolute atomic E-state index is 12.9. The molecule has 144 valence electrons. The Morgan fingerprint density at radius 3 is 2.22 bits per heavy atom. The quantitative estimate of drug-likeness (QED) is 0.806. The van der Waals surface area contributed by atoms with Crippen molar-refractivity contribution in [3.05, 3.63) is 48.0 Å². The lowest BCUT2D eigenvalue weighted by molar-refractivity contribution is 0.174. The van der Waals surface area contributed by atoms with Crippen LogP contribution in [0, 0.1) is 0 Å². The van der Waals surface area contributed by atoms with E-state index in [1.165, 1.54) is 0 Å². The molecule has 2 aromatic carbocycles. The third kappa shape index (κ3) is 3.49. The SMILES string of the molecule is CC(C)c1ccc(S(=O)(=O)N2CCN(c3ccc4c(c3)OCO4)CC2)cc1. The van der Waals surface area contributed by atoms with Crippen molar-refractivity contribution in [3.63, 3.8) is 0 Å². The summed E-state index contributed by atoms with van der Waals surface area (Å²) in [6.07, 6.45) is 0. The van der Waals surface area contributed by atoms with Crippen LogP contribution in [0.3, 0.4) is 0 Å². The van der Waals surface area contributed by atoms with Crippen molar-refractivity contribution in [1.82, 2.24) is 4.31 Å². The minimum absolute atomic E-state index is 0.250. The Kier molecular flexibility index (Phi) is 4.74. The fourth-order valence-electron chi connectivity index (χ4n) is 3.44. The van der Waals surface area contributed by atoms with Gasteiger partial charge in [-0.3, -0.25) is 0 Å². The molecule has 0 radical (unpaired) electrons. The summed E-state index contributed by atoms with van der Waals surface area (Å²) in [7, 11) is -3.46. The number of benzene rings is 2. The number of hydrogen-bond donors (Lipinski definition) is 0. The van der Waals surface area contributed by atoms with Crippen molar-refractivity contribution in [2.24, 2.45) is 0 Å². The number of hydrogen-bond acceptors (Lipinski definition) is 5. The van der Waals surface area contributed by atoms with E-state index in [0.717, 1.165) is 22.7 Å². The van der Waals surface area contributed by atoms with E-state index < -0.39 is 10.0 Å². The first-order valence-corrected chi connectivity index (χ1v) is 10.6. The fraction of sp³-hybridized carbons (Fsp3) is 0.400. The minimum Gasteiger partial charge on any atom is -0.454 e. The van der Waals surface area contributed by atoms with E-state index >= 15 is 0 Å². The molecule has 0 unspecified atom stereocenters. The number of anilines is 1. The van der Waals surface area contributed by atoms with Gasteiger partial charge in [-0.05, 0) is 35.7 Å². The minimum atomic E-state index is -3.46. The lowest BCUT2D eigenvalue weighted by atomic mass is 10.0. The van der Waals surface area contributed by atoms with Gasteiger partial charge < -0.3 is 14.4 Å². The van der Waals surface area contributed by atoms with Gasteiger partial charge >= 0.3 is 0 Å². The Labute approximate surface area is 160 Å². The third-order valence-electron chi connectivity index (χ3n) is 5.14. The molecular formula is C20H24N2O4S. The van der Waals surface area contributed by atoms with Gasteiger partial charge in [0.25, 0.3) is 0 Å². The average Bonchev–Trinajstić information content (AvgIpc) is 3.16. The summed E-state index contributed by atoms with van der Waals surface area (Å²) in [5.74, 6) is 1.88. The Balaban J connectivity index is 1.45. The van der Waals surface area contributed by atoms with Gasteiger partial charge in [0.05, 0.1) is 4.90 Å². The molecule has 2 aliphatic heterocycles. The second kappa shape index (κ2) is 7.05. The molecule has 2 heterocycles. The lowest BCUT2D eigenvalue weighted by Crippen LogP contribution is -2.48. The van der Waals surface area contributed by atoms with Crippen LogP contribution in [0.15, 0.2) is 47.4 Å². The van der Waals surface area contributed by atoms with E-state index in [0.29, 0.717) is 37.0 Å². The fourth-order valence-corrected chi connectivity index (χ4v) is 4.86. The van der Waals surface area contributed by atoms with Gasteiger partial charge in [0.2, 0.25) is 16.8 Å². The standard InChI is InChI=1S/C20H24N2O4S/c1-15(2)16-3-6-18(7-4-16)27(23,24)22-11-9-21(10-12-22)17-5-8-19-20(13-17)26-14-25-19/h3-8,13,15H,9-12,14H2,1-2H3. The van der Waals surface area contributed by atoms with Crippen LogP contribution in [0.1, 0.15) is 25.3 Å². The molecule has 1 fully saturated rings. The zero-order valence-corrected chi connectivity index (χ0v) is 16.4. The molecule has 0 aromatic heterocycles. The second-order valence-corrected chi connectivity index (χ2v) is 9.09. The van der Waals surface area contributed by atoms with Crippen LogP contribution in [-0.2, 0) is 10.0 Å². The molecule has 1 saturated heterocycles. The van der Waals surface area contributed by atoms with E-state index in [1.807, 2.05) is 30.3 Å². The maximum atomic E-state index is 12.9. The van der Waals surface area contributed by atoms with Crippen molar-refractivity contribution in [3.8, 4) is 11.5 Å². The first-order chi connectivity index (χ1) is 12.9. The molecule has 0 spiro atoms. The van der Waals surface area contributed by atoms with Crippen molar-refractivity contribution in [2.75, 3.05) is 37.9 Å². The van der Waals surface area contributed by atoms with Crippen molar-refractivity contribution in [1.29, 1.82) is 0 Å². The van der Waals surface area contributed by atoms with E-state index in [2.05, 4.69) is 18.7 Å². The topological polar surface area (TPSA) is 59.1 Å². The predicted octanol–water partition coefficient (Wildman–Crippen LogP) is 3.05. The van der Waals surface area contributed by atoms with E-state index in [1.54, 1.807) is 16.4 Å². The predicted molar refractivity (Wildman–Crippen MR) is 104 cm³/mol. The average molecular weight is 388 g/mol. The van der Waals surface area contributed by atoms with Gasteiger partial charge in [0, 0.05) is 37.9 Å². The largest absolute Gasteiger partial charge is 0.454 e. The summed E-state index contributed by atoms with van der Waals surface area (Å²) in [6, 6.07) is 13.1. The number of nitrogens with zero attached hydrogens (tertiary/aromatic N) is 2. The monoisotopic (exact) mass is 388 g/mol. The van der Waals surface area contributed by atoms with Crippen LogP contribution in [0.25, 0.3) is 0 Å². The Morgan fingerprint density at radius 1 is 0.889 bits per heavy atom. The Hall–Kier alpha value is -2.25. The molecule has 0 bridgehead atoms. The van der Waals surface area contributed by atoms with Gasteiger partial charge in [-0.1, -0.05) is 26.0 Å². The molecule has 2 aromatic rings. The third-order valence-corrected chi connectivity index (χ3v) is 7.06. The van der Waals surface area contributed by atoms with Gasteiger partial charge in [-0.2, -0.15) is 4.31 Å². The summed E-state index contributed by atoms with van der Waals surface area (Å²) in [5, 5.41) is 0. The van der Waals surface area contributed by atoms with Gasteiger partial charge in [-0.15, -0.1) is 0 Å². The number of rotatable bonds is 4. The molecule has 7 heteroatoms. The first-order valence-electron chi connectivity index (χ1n) is 9.20. The van der Waals surface area contributed by atoms with Crippen molar-refractivity contribution >= 4 is 15.7 Å². The number of sulfonamides is 1. The molecule has 0 saturated carbocycles. The Bertz CT molecular complexity index is 917. The van der Waals surface area contributed by atoms with Gasteiger partial charge in [0.15, 0.2) is 11.5 Å². The molecule has 0 aliphatic carbocycles. The number of piperazine rings is 1. The zero-order valence-electron chi connectivity index (χ0n) is 15.6. The number of fused-ring (bicyclic) bond motifs is 1. The molecular weight excluding hydrogens is 364 g/mol. The lowest BCUT2D eigenvalue weighted by Gasteiger charge is -2.35. The van der Waals surface area contributed by atoms with Crippen LogP contribution in [-0.4, -0.2) is 45.7 Å². The molecule has 2 aliphatic rings. The van der Waals surface area contributed by atoms with Crippen LogP contribution in [0.2, 0.25) is 0 Å². The normalized spacial score (nSPS) is 17.5. The second-order valence-electron chi connectivity index (χ2n) is 7.15. The summed E-state index contributed by atoms with van der Waals surface area (Å²) in [5.41, 5.74) is 2.17. The van der Waals surface area contributed by atoms with Crippen molar-refractivity contribution < 1.29 is 17.9 Å². The molecule has 27 heavy (non-hydrogen) atoms. The smallest absolute Gasteiger partial charge is 0.243 e. The molecule has 0 N–H and O–H groups in total. The highest BCUT2D eigenvalue weighted by molar-refractivity contribution is 7.89.